The quantitative estimate of drug-likeness (QED) is 0.00967. The van der Waals surface area contributed by atoms with Crippen molar-refractivity contribution in [3.05, 3.63) is 289 Å². The number of nitrogens with two attached hydrogens (primary N) is 1. The standard InChI is InChI=1S/C38H41F3N4O4S.C23H21F3N4O3.C23H23F3N4O.C15H15ClN4O2/c1-37(2,3)49-35(46)15-18-50-24-27-10-7-11-28(19-27)36(47)44-32-14-13-30(45-16-5-4-6-17-45)21-31(32)33-22-34(43-25-42-33)48-23-26-9-8-12-29(20-26)38(39,40)41;24-23(25,26)17-6-4-5-16(11-17)14-33-22-13-20(27-15-28-22)19-12-18(7-8-21(19)30(31)32)29-9-2-1-3-10-29;24-23(25,26)17-6-4-5-16(11-17)14-31-22-13-21(28-15-29-22)19-12-18(7-8-20(19)27)30-9-2-1-3-10-30;16-15-9-13(17-10-18-15)12-8-11(4-5-14(12)20(21)22)19-6-2-1-3-7-19/h7-14,19-22,25H,4-6,15-18,23-24H2,1-3H3,(H,44,47);4-8,11-13,15H,1-3,9-10,14H2;4-8,11-13,15H,1-3,9-10,14,27H2;4-5,8-10H,1-3,6-7H2. The Morgan fingerprint density at radius 2 is 0.772 bits per heavy atom. The van der Waals surface area contributed by atoms with E-state index in [0.29, 0.717) is 91.0 Å². The van der Waals surface area contributed by atoms with Gasteiger partial charge in [0, 0.05) is 145 Å². The SMILES string of the molecule is CC(C)(C)OC(=O)CCSCc1cccc(C(=O)Nc2ccc(N3CCCCC3)cc2-c2cc(OCc3cccc(C(F)(F)F)c3)ncn2)c1.Nc1ccc(N2CCCCC2)cc1-c1cc(OCc2cccc(C(F)(F)F)c2)ncn1.O=[N+]([O-])c1ccc(N2CCCCC2)cc1-c1cc(Cl)ncn1.O=[N+]([O-])c1ccc(N2CCCCC2)cc1-c1cc(OCc2cccc(C(F)(F)F)c2)ncn1. The number of nitrogens with zero attached hydrogens (tertiary/aromatic N) is 14. The maximum absolute atomic E-state index is 13.6. The number of rotatable bonds is 26. The zero-order chi connectivity index (χ0) is 96.5. The highest BCUT2D eigenvalue weighted by Gasteiger charge is 2.34. The van der Waals surface area contributed by atoms with Gasteiger partial charge in [0.25, 0.3) is 17.3 Å². The summed E-state index contributed by atoms with van der Waals surface area (Å²) in [4.78, 5) is 89.9. The van der Waals surface area contributed by atoms with Gasteiger partial charge < -0.3 is 49.6 Å². The summed E-state index contributed by atoms with van der Waals surface area (Å²) in [6.07, 6.45) is 5.98. The van der Waals surface area contributed by atoms with Gasteiger partial charge >= 0.3 is 24.5 Å². The Morgan fingerprint density at radius 3 is 1.17 bits per heavy atom. The average molecular weight is 1910 g/mol. The summed E-state index contributed by atoms with van der Waals surface area (Å²) >= 11 is 7.48. The number of piperidine rings is 4. The number of hydrogen-bond donors (Lipinski definition) is 2. The van der Waals surface area contributed by atoms with Gasteiger partial charge in [-0.25, -0.2) is 39.9 Å². The molecule has 0 saturated carbocycles. The van der Waals surface area contributed by atoms with E-state index in [1.807, 2.05) is 81.4 Å². The highest BCUT2D eigenvalue weighted by molar-refractivity contribution is 7.98. The molecule has 136 heavy (non-hydrogen) atoms. The number of aromatic nitrogens is 8. The van der Waals surface area contributed by atoms with E-state index < -0.39 is 50.7 Å². The van der Waals surface area contributed by atoms with Crippen LogP contribution in [0.1, 0.15) is 154 Å². The molecule has 712 valence electrons. The number of amides is 1. The van der Waals surface area contributed by atoms with Crippen LogP contribution in [0.4, 0.5) is 85.0 Å². The van der Waals surface area contributed by atoms with Gasteiger partial charge in [-0.1, -0.05) is 60.1 Å². The van der Waals surface area contributed by atoms with Gasteiger partial charge in [0.15, 0.2) is 0 Å². The lowest BCUT2D eigenvalue weighted by atomic mass is 10.0. The minimum Gasteiger partial charge on any atom is -0.473 e. The first-order chi connectivity index (χ1) is 65.2. The summed E-state index contributed by atoms with van der Waals surface area (Å²) in [5.74, 6) is 1.25. The van der Waals surface area contributed by atoms with Gasteiger partial charge in [0.05, 0.1) is 72.5 Å². The number of thioether (sulfide) groups is 1. The molecule has 8 heterocycles. The van der Waals surface area contributed by atoms with Crippen molar-refractivity contribution in [3.63, 3.8) is 0 Å². The molecule has 0 radical (unpaired) electrons. The number of ether oxygens (including phenoxy) is 4. The smallest absolute Gasteiger partial charge is 0.416 e. The molecule has 26 nitrogen and oxygen atoms in total. The van der Waals surface area contributed by atoms with Crippen molar-refractivity contribution >= 4 is 80.7 Å². The Bertz CT molecular complexity index is 6120. The first-order valence-corrected chi connectivity index (χ1v) is 45.9. The van der Waals surface area contributed by atoms with Crippen molar-refractivity contribution in [2.75, 3.05) is 88.8 Å². The van der Waals surface area contributed by atoms with Crippen LogP contribution in [0.2, 0.25) is 5.15 Å². The second-order valence-electron chi connectivity index (χ2n) is 33.6. The number of hydrogen-bond acceptors (Lipinski definition) is 24. The van der Waals surface area contributed by atoms with E-state index in [0.717, 1.165) is 168 Å². The maximum Gasteiger partial charge on any atom is 0.416 e. The van der Waals surface area contributed by atoms with Crippen LogP contribution < -0.4 is 44.9 Å². The number of nitro groups is 2. The van der Waals surface area contributed by atoms with E-state index in [1.165, 1.54) is 99.9 Å². The van der Waals surface area contributed by atoms with Crippen LogP contribution in [0, 0.1) is 20.2 Å². The molecule has 4 saturated heterocycles. The van der Waals surface area contributed by atoms with Gasteiger partial charge in [0.2, 0.25) is 17.6 Å². The van der Waals surface area contributed by atoms with E-state index >= 15 is 0 Å². The van der Waals surface area contributed by atoms with Gasteiger partial charge in [0.1, 0.15) is 55.9 Å². The van der Waals surface area contributed by atoms with Crippen molar-refractivity contribution in [2.24, 2.45) is 0 Å². The predicted octanol–water partition coefficient (Wildman–Crippen LogP) is 23.6. The van der Waals surface area contributed by atoms with Crippen molar-refractivity contribution in [3.8, 4) is 62.7 Å². The van der Waals surface area contributed by atoms with Crippen LogP contribution in [0.3, 0.4) is 0 Å². The topological polar surface area (TPSA) is 311 Å². The minimum absolute atomic E-state index is 0.0236. The molecule has 4 aromatic heterocycles. The number of carbonyl (C=O) groups excluding carboxylic acids is 2. The van der Waals surface area contributed by atoms with E-state index in [-0.39, 0.29) is 65.9 Å². The number of nitro benzene ring substituents is 2. The Labute approximate surface area is 789 Å². The Balaban J connectivity index is 0.000000160. The van der Waals surface area contributed by atoms with Crippen LogP contribution in [0.15, 0.2) is 219 Å². The van der Waals surface area contributed by atoms with Gasteiger partial charge in [-0.2, -0.15) is 51.3 Å². The summed E-state index contributed by atoms with van der Waals surface area (Å²) < 4.78 is 139. The number of carbonyl (C=O) groups is 2. The van der Waals surface area contributed by atoms with Crippen molar-refractivity contribution in [2.45, 2.75) is 154 Å². The summed E-state index contributed by atoms with van der Waals surface area (Å²) in [6.45, 7) is 12.8. The first-order valence-electron chi connectivity index (χ1n) is 44.3. The Morgan fingerprint density at radius 1 is 0.419 bits per heavy atom. The van der Waals surface area contributed by atoms with Crippen LogP contribution in [-0.4, -0.2) is 125 Å². The fraction of sp³-hybridized carbons (Fsp3) is 0.333. The number of nitrogens with one attached hydrogen (secondary N) is 1. The van der Waals surface area contributed by atoms with Crippen LogP contribution in [0.5, 0.6) is 17.6 Å². The van der Waals surface area contributed by atoms with E-state index in [2.05, 4.69) is 64.8 Å². The first kappa shape index (κ1) is 99.7. The predicted molar refractivity (Wildman–Crippen MR) is 505 cm³/mol. The number of anilines is 6. The molecule has 0 atom stereocenters. The Hall–Kier alpha value is -13.8. The zero-order valence-corrected chi connectivity index (χ0v) is 76.4. The monoisotopic (exact) mass is 1910 g/mol. The molecular weight excluding hydrogens is 1810 g/mol. The molecule has 16 rings (SSSR count). The third kappa shape index (κ3) is 28.9. The molecule has 37 heteroatoms. The molecule has 0 unspecified atom stereocenters. The number of benzene rings is 8. The molecule has 3 N–H and O–H groups in total. The lowest BCUT2D eigenvalue weighted by Crippen LogP contribution is -2.29. The fourth-order valence-electron chi connectivity index (χ4n) is 15.7. The average Bonchev–Trinajstić information content (AvgIpc) is 0.815. The fourth-order valence-corrected chi connectivity index (χ4v) is 16.7. The molecule has 0 spiro atoms. The third-order valence-electron chi connectivity index (χ3n) is 22.4. The molecular formula is C99H100ClF9N16O10S. The summed E-state index contributed by atoms with van der Waals surface area (Å²) in [5.41, 5.74) is 15.0. The molecule has 0 bridgehead atoms. The second-order valence-corrected chi connectivity index (χ2v) is 35.1. The second kappa shape index (κ2) is 46.5. The molecule has 4 aliphatic rings. The summed E-state index contributed by atoms with van der Waals surface area (Å²) in [6, 6.07) is 50.3. The lowest BCUT2D eigenvalue weighted by Gasteiger charge is -2.29. The lowest BCUT2D eigenvalue weighted by molar-refractivity contribution is -0.384. The minimum atomic E-state index is -4.46. The van der Waals surface area contributed by atoms with Crippen molar-refractivity contribution < 1.29 is 77.9 Å². The number of halogens is 10. The van der Waals surface area contributed by atoms with Crippen LogP contribution >= 0.6 is 23.4 Å². The van der Waals surface area contributed by atoms with Gasteiger partial charge in [-0.3, -0.25) is 29.8 Å². The number of nitrogen functional groups attached to an aromatic ring is 1. The van der Waals surface area contributed by atoms with Gasteiger partial charge in [-0.05, 0) is 229 Å². The maximum atomic E-state index is 13.6. The van der Waals surface area contributed by atoms with Gasteiger partial charge in [-0.15, -0.1) is 0 Å². The van der Waals surface area contributed by atoms with Crippen molar-refractivity contribution in [1.29, 1.82) is 0 Å². The normalized spacial score (nSPS) is 14.1. The molecule has 1 amide bonds. The molecule has 4 fully saturated rings. The van der Waals surface area contributed by atoms with Crippen molar-refractivity contribution in [1.82, 2.24) is 39.9 Å². The number of alkyl halides is 9. The van der Waals surface area contributed by atoms with Crippen LogP contribution in [-0.2, 0) is 53.6 Å². The summed E-state index contributed by atoms with van der Waals surface area (Å²) in [7, 11) is 0. The zero-order valence-electron chi connectivity index (χ0n) is 74.8. The van der Waals surface area contributed by atoms with Crippen LogP contribution in [0.25, 0.3) is 45.0 Å². The highest BCUT2D eigenvalue weighted by atomic mass is 35.5. The molecule has 12 aromatic rings. The summed E-state index contributed by atoms with van der Waals surface area (Å²) in [5, 5.41) is 26.2. The van der Waals surface area contributed by atoms with E-state index in [1.54, 1.807) is 66.4 Å². The largest absolute Gasteiger partial charge is 0.473 e. The third-order valence-corrected chi connectivity index (χ3v) is 23.7. The molecule has 8 aromatic carbocycles. The number of esters is 1. The van der Waals surface area contributed by atoms with E-state index in [4.69, 9.17) is 36.3 Å². The highest BCUT2D eigenvalue weighted by Crippen LogP contribution is 2.41. The molecule has 4 aliphatic heterocycles. The Kier molecular flexibility index (Phi) is 34.1. The van der Waals surface area contributed by atoms with E-state index in [9.17, 15) is 69.3 Å². The molecule has 0 aliphatic carbocycles.